The molecule has 2 atom stereocenters. The summed E-state index contributed by atoms with van der Waals surface area (Å²) in [5.74, 6) is -0.933. The average Bonchev–Trinajstić information content (AvgIpc) is 2.92. The Morgan fingerprint density at radius 3 is 2.20 bits per heavy atom. The molecule has 0 aromatic heterocycles. The third kappa shape index (κ3) is 8.95. The number of carbonyl (C=O) groups excluding carboxylic acids is 2. The molecule has 0 aliphatic carbocycles. The van der Waals surface area contributed by atoms with Gasteiger partial charge in [-0.3, -0.25) is 13.9 Å². The van der Waals surface area contributed by atoms with Gasteiger partial charge in [-0.1, -0.05) is 82.5 Å². The normalized spacial score (nSPS) is 12.9. The van der Waals surface area contributed by atoms with Gasteiger partial charge < -0.3 is 10.2 Å². The standard InChI is InChI=1S/C30H34BrCl2N3O4S/c1-5-21(3)34-30(38)28(17-22-10-7-6-8-11-22)35(18-24-26(32)12-9-13-27(24)33)29(37)19-36(41(4,39)40)23-14-15-25(31)20(2)16-23/h6-16,21,28H,5,17-19H2,1-4H3,(H,34,38)/t21-,28-/m0/s1. The lowest BCUT2D eigenvalue weighted by Gasteiger charge is -2.34. The van der Waals surface area contributed by atoms with Crippen molar-refractivity contribution >= 4 is 66.7 Å². The maximum atomic E-state index is 14.2. The quantitative estimate of drug-likeness (QED) is 0.240. The molecule has 1 N–H and O–H groups in total. The van der Waals surface area contributed by atoms with Crippen molar-refractivity contribution in [3.8, 4) is 0 Å². The molecular formula is C30H34BrCl2N3O4S. The van der Waals surface area contributed by atoms with Gasteiger partial charge >= 0.3 is 0 Å². The molecule has 0 spiro atoms. The Morgan fingerprint density at radius 2 is 1.63 bits per heavy atom. The van der Waals surface area contributed by atoms with Crippen molar-refractivity contribution in [2.24, 2.45) is 0 Å². The predicted octanol–water partition coefficient (Wildman–Crippen LogP) is 6.39. The Morgan fingerprint density at radius 1 is 1.00 bits per heavy atom. The Hall–Kier alpha value is -2.59. The molecule has 0 aliphatic rings. The summed E-state index contributed by atoms with van der Waals surface area (Å²) in [6, 6.07) is 18.3. The van der Waals surface area contributed by atoms with Crippen molar-refractivity contribution in [1.29, 1.82) is 0 Å². The molecule has 0 bridgehead atoms. The number of nitrogens with one attached hydrogen (secondary N) is 1. The topological polar surface area (TPSA) is 86.8 Å². The second-order valence-electron chi connectivity index (χ2n) is 9.95. The molecule has 7 nitrogen and oxygen atoms in total. The van der Waals surface area contributed by atoms with Crippen LogP contribution in [0.4, 0.5) is 5.69 Å². The second-order valence-corrected chi connectivity index (χ2v) is 13.5. The van der Waals surface area contributed by atoms with Gasteiger partial charge in [-0.05, 0) is 61.7 Å². The number of hydrogen-bond donors (Lipinski definition) is 1. The summed E-state index contributed by atoms with van der Waals surface area (Å²) >= 11 is 16.4. The SMILES string of the molecule is CC[C@H](C)NC(=O)[C@H](Cc1ccccc1)N(Cc1c(Cl)cccc1Cl)C(=O)CN(c1ccc(Br)c(C)c1)S(C)(=O)=O. The Balaban J connectivity index is 2.12. The molecule has 0 saturated heterocycles. The van der Waals surface area contributed by atoms with Crippen LogP contribution in [0.25, 0.3) is 0 Å². The molecule has 0 unspecified atom stereocenters. The van der Waals surface area contributed by atoms with Gasteiger partial charge in [0.15, 0.2) is 0 Å². The zero-order valence-corrected chi connectivity index (χ0v) is 27.3. The summed E-state index contributed by atoms with van der Waals surface area (Å²) in [5.41, 5.74) is 2.44. The van der Waals surface area contributed by atoms with Crippen LogP contribution >= 0.6 is 39.1 Å². The van der Waals surface area contributed by atoms with Crippen LogP contribution in [0.2, 0.25) is 10.0 Å². The van der Waals surface area contributed by atoms with E-state index in [-0.39, 0.29) is 24.9 Å². The van der Waals surface area contributed by atoms with Gasteiger partial charge in [0.2, 0.25) is 21.8 Å². The zero-order chi connectivity index (χ0) is 30.3. The van der Waals surface area contributed by atoms with E-state index in [1.807, 2.05) is 51.1 Å². The number of rotatable bonds is 12. The summed E-state index contributed by atoms with van der Waals surface area (Å²) in [5, 5.41) is 3.66. The smallest absolute Gasteiger partial charge is 0.244 e. The number of amides is 2. The van der Waals surface area contributed by atoms with Crippen molar-refractivity contribution in [2.75, 3.05) is 17.1 Å². The molecule has 220 valence electrons. The second kappa shape index (κ2) is 14.5. The summed E-state index contributed by atoms with van der Waals surface area (Å²) in [4.78, 5) is 29.3. The number of sulfonamides is 1. The molecule has 0 radical (unpaired) electrons. The Labute approximate surface area is 261 Å². The number of carbonyl (C=O) groups is 2. The van der Waals surface area contributed by atoms with Crippen LogP contribution in [0.1, 0.15) is 37.0 Å². The summed E-state index contributed by atoms with van der Waals surface area (Å²) in [6.45, 7) is 5.05. The molecule has 11 heteroatoms. The fourth-order valence-electron chi connectivity index (χ4n) is 4.25. The first-order valence-corrected chi connectivity index (χ1v) is 16.5. The van der Waals surface area contributed by atoms with E-state index < -0.39 is 28.5 Å². The van der Waals surface area contributed by atoms with Crippen LogP contribution in [0.15, 0.2) is 71.2 Å². The molecule has 0 fully saturated rings. The van der Waals surface area contributed by atoms with Gasteiger partial charge in [0.05, 0.1) is 11.9 Å². The molecule has 0 heterocycles. The van der Waals surface area contributed by atoms with E-state index in [1.54, 1.807) is 36.4 Å². The van der Waals surface area contributed by atoms with Crippen LogP contribution in [-0.4, -0.2) is 50.0 Å². The van der Waals surface area contributed by atoms with Gasteiger partial charge in [-0.15, -0.1) is 0 Å². The van der Waals surface area contributed by atoms with Crippen molar-refractivity contribution in [1.82, 2.24) is 10.2 Å². The summed E-state index contributed by atoms with van der Waals surface area (Å²) in [7, 11) is -3.88. The number of benzene rings is 3. The largest absolute Gasteiger partial charge is 0.352 e. The lowest BCUT2D eigenvalue weighted by molar-refractivity contribution is -0.140. The minimum absolute atomic E-state index is 0.0975. The highest BCUT2D eigenvalue weighted by Crippen LogP contribution is 2.29. The maximum absolute atomic E-state index is 14.2. The van der Waals surface area contributed by atoms with E-state index in [0.717, 1.165) is 26.2 Å². The Bertz CT molecular complexity index is 1470. The monoisotopic (exact) mass is 681 g/mol. The highest BCUT2D eigenvalue weighted by molar-refractivity contribution is 9.10. The molecule has 0 saturated carbocycles. The third-order valence-electron chi connectivity index (χ3n) is 6.77. The van der Waals surface area contributed by atoms with Crippen molar-refractivity contribution in [3.63, 3.8) is 0 Å². The van der Waals surface area contributed by atoms with Gasteiger partial charge in [0.25, 0.3) is 0 Å². The molecule has 3 aromatic carbocycles. The van der Waals surface area contributed by atoms with Gasteiger partial charge in [0.1, 0.15) is 12.6 Å². The average molecular weight is 683 g/mol. The highest BCUT2D eigenvalue weighted by Gasteiger charge is 2.34. The number of nitrogens with zero attached hydrogens (tertiary/aromatic N) is 2. The van der Waals surface area contributed by atoms with Gasteiger partial charge in [-0.25, -0.2) is 8.42 Å². The maximum Gasteiger partial charge on any atom is 0.244 e. The van der Waals surface area contributed by atoms with Crippen molar-refractivity contribution < 1.29 is 18.0 Å². The fraction of sp³-hybridized carbons (Fsp3) is 0.333. The first kappa shape index (κ1) is 32.9. The zero-order valence-electron chi connectivity index (χ0n) is 23.4. The predicted molar refractivity (Wildman–Crippen MR) is 170 cm³/mol. The van der Waals surface area contributed by atoms with E-state index in [0.29, 0.717) is 27.7 Å². The minimum atomic E-state index is -3.88. The number of aryl methyl sites for hydroxylation is 1. The van der Waals surface area contributed by atoms with Gasteiger partial charge in [0, 0.05) is 39.1 Å². The first-order valence-electron chi connectivity index (χ1n) is 13.1. The number of anilines is 1. The van der Waals surface area contributed by atoms with Crippen LogP contribution in [-0.2, 0) is 32.6 Å². The van der Waals surface area contributed by atoms with Crippen LogP contribution < -0.4 is 9.62 Å². The molecule has 3 rings (SSSR count). The van der Waals surface area contributed by atoms with Crippen LogP contribution in [0.3, 0.4) is 0 Å². The summed E-state index contributed by atoms with van der Waals surface area (Å²) in [6.07, 6.45) is 1.94. The van der Waals surface area contributed by atoms with Gasteiger partial charge in [-0.2, -0.15) is 0 Å². The Kier molecular flexibility index (Phi) is 11.7. The lowest BCUT2D eigenvalue weighted by Crippen LogP contribution is -2.54. The molecule has 2 amide bonds. The van der Waals surface area contributed by atoms with E-state index in [4.69, 9.17) is 23.2 Å². The molecule has 0 aliphatic heterocycles. The van der Waals surface area contributed by atoms with Crippen LogP contribution in [0.5, 0.6) is 0 Å². The minimum Gasteiger partial charge on any atom is -0.352 e. The summed E-state index contributed by atoms with van der Waals surface area (Å²) < 4.78 is 27.8. The van der Waals surface area contributed by atoms with Crippen molar-refractivity contribution in [2.45, 2.75) is 52.2 Å². The molecule has 3 aromatic rings. The fourth-order valence-corrected chi connectivity index (χ4v) is 5.85. The number of halogens is 3. The van der Waals surface area contributed by atoms with Crippen molar-refractivity contribution in [3.05, 3.63) is 97.9 Å². The van der Waals surface area contributed by atoms with Crippen LogP contribution in [0, 0.1) is 6.92 Å². The highest BCUT2D eigenvalue weighted by atomic mass is 79.9. The van der Waals surface area contributed by atoms with E-state index in [1.165, 1.54) is 4.90 Å². The first-order chi connectivity index (χ1) is 19.3. The molecule has 41 heavy (non-hydrogen) atoms. The van der Waals surface area contributed by atoms with E-state index >= 15 is 0 Å². The third-order valence-corrected chi connectivity index (χ3v) is 9.51. The van der Waals surface area contributed by atoms with E-state index in [9.17, 15) is 18.0 Å². The number of hydrogen-bond acceptors (Lipinski definition) is 4. The van der Waals surface area contributed by atoms with E-state index in [2.05, 4.69) is 21.2 Å². The molecular weight excluding hydrogens is 649 g/mol. The lowest BCUT2D eigenvalue weighted by atomic mass is 10.0.